The third kappa shape index (κ3) is 2.82. The molecule has 0 radical (unpaired) electrons. The van der Waals surface area contributed by atoms with Crippen molar-refractivity contribution in [3.05, 3.63) is 0 Å². The van der Waals surface area contributed by atoms with Crippen molar-refractivity contribution in [2.75, 3.05) is 7.11 Å². The van der Waals surface area contributed by atoms with Crippen LogP contribution in [0.2, 0.25) is 0 Å². The van der Waals surface area contributed by atoms with Crippen molar-refractivity contribution in [2.45, 2.75) is 47.1 Å². The first-order valence-electron chi connectivity index (χ1n) is 4.48. The smallest absolute Gasteiger partial charge is 0.0644 e. The third-order valence-corrected chi connectivity index (χ3v) is 2.54. The van der Waals surface area contributed by atoms with Crippen molar-refractivity contribution in [3.8, 4) is 0 Å². The molecule has 0 saturated carbocycles. The molecule has 0 aliphatic rings. The van der Waals surface area contributed by atoms with Crippen LogP contribution in [-0.2, 0) is 4.74 Å². The highest BCUT2D eigenvalue weighted by Crippen LogP contribution is 2.31. The van der Waals surface area contributed by atoms with E-state index in [0.29, 0.717) is 17.4 Å². The third-order valence-electron chi connectivity index (χ3n) is 2.54. The fraction of sp³-hybridized carbons (Fsp3) is 1.00. The van der Waals surface area contributed by atoms with Gasteiger partial charge in [0.1, 0.15) is 0 Å². The van der Waals surface area contributed by atoms with Crippen LogP contribution in [0, 0.1) is 11.3 Å². The molecule has 1 unspecified atom stereocenters. The molecule has 0 N–H and O–H groups in total. The Bertz CT molecular complexity index is 105. The molecule has 0 fully saturated rings. The summed E-state index contributed by atoms with van der Waals surface area (Å²) in [7, 11) is 1.81. The fourth-order valence-electron chi connectivity index (χ4n) is 1.69. The van der Waals surface area contributed by atoms with E-state index in [2.05, 4.69) is 34.6 Å². The van der Waals surface area contributed by atoms with Crippen LogP contribution >= 0.6 is 0 Å². The zero-order chi connectivity index (χ0) is 9.07. The first-order chi connectivity index (χ1) is 4.95. The minimum absolute atomic E-state index is 0.308. The minimum Gasteiger partial charge on any atom is -0.381 e. The van der Waals surface area contributed by atoms with Gasteiger partial charge in [0, 0.05) is 7.11 Å². The summed E-state index contributed by atoms with van der Waals surface area (Å²) in [5.41, 5.74) is 0.308. The molecular weight excluding hydrogens is 136 g/mol. The lowest BCUT2D eigenvalue weighted by molar-refractivity contribution is -0.0266. The molecule has 0 bridgehead atoms. The van der Waals surface area contributed by atoms with Crippen LogP contribution in [0.15, 0.2) is 0 Å². The van der Waals surface area contributed by atoms with Gasteiger partial charge < -0.3 is 4.74 Å². The highest BCUT2D eigenvalue weighted by molar-refractivity contribution is 4.79. The standard InChI is InChI=1S/C10H22O/c1-7-10(4,5)9(11-6)8(2)3/h8-9H,7H2,1-6H3. The molecule has 0 saturated heterocycles. The van der Waals surface area contributed by atoms with Gasteiger partial charge in [-0.05, 0) is 17.8 Å². The summed E-state index contributed by atoms with van der Waals surface area (Å²) in [6.45, 7) is 11.2. The van der Waals surface area contributed by atoms with Gasteiger partial charge in [0.15, 0.2) is 0 Å². The quantitative estimate of drug-likeness (QED) is 0.611. The number of hydrogen-bond donors (Lipinski definition) is 0. The molecule has 0 amide bonds. The molecule has 0 heterocycles. The van der Waals surface area contributed by atoms with E-state index in [1.807, 2.05) is 7.11 Å². The molecule has 0 aliphatic heterocycles. The fourth-order valence-corrected chi connectivity index (χ4v) is 1.69. The van der Waals surface area contributed by atoms with Gasteiger partial charge in [0.2, 0.25) is 0 Å². The van der Waals surface area contributed by atoms with E-state index >= 15 is 0 Å². The molecule has 1 heteroatoms. The molecule has 11 heavy (non-hydrogen) atoms. The van der Waals surface area contributed by atoms with Crippen molar-refractivity contribution < 1.29 is 4.74 Å². The number of methoxy groups -OCH3 is 1. The molecule has 0 rings (SSSR count). The Hall–Kier alpha value is -0.0400. The summed E-state index contributed by atoms with van der Waals surface area (Å²) in [4.78, 5) is 0. The van der Waals surface area contributed by atoms with Gasteiger partial charge in [-0.2, -0.15) is 0 Å². The van der Waals surface area contributed by atoms with Gasteiger partial charge in [-0.3, -0.25) is 0 Å². The second-order valence-electron chi connectivity index (χ2n) is 4.24. The highest BCUT2D eigenvalue weighted by Gasteiger charge is 2.29. The average Bonchev–Trinajstić information content (AvgIpc) is 1.88. The lowest BCUT2D eigenvalue weighted by Crippen LogP contribution is -2.34. The Morgan fingerprint density at radius 1 is 1.27 bits per heavy atom. The Labute approximate surface area is 71.1 Å². The molecule has 68 valence electrons. The lowest BCUT2D eigenvalue weighted by Gasteiger charge is -2.35. The molecule has 0 aliphatic carbocycles. The van der Waals surface area contributed by atoms with E-state index in [1.165, 1.54) is 6.42 Å². The maximum Gasteiger partial charge on any atom is 0.0644 e. The SMILES string of the molecule is CCC(C)(C)C(OC)C(C)C. The topological polar surface area (TPSA) is 9.23 Å². The van der Waals surface area contributed by atoms with Crippen molar-refractivity contribution in [1.82, 2.24) is 0 Å². The monoisotopic (exact) mass is 158 g/mol. The van der Waals surface area contributed by atoms with E-state index in [-0.39, 0.29) is 0 Å². The van der Waals surface area contributed by atoms with Crippen molar-refractivity contribution >= 4 is 0 Å². The lowest BCUT2D eigenvalue weighted by atomic mass is 9.78. The Kier molecular flexibility index (Phi) is 4.09. The molecule has 0 aromatic heterocycles. The van der Waals surface area contributed by atoms with E-state index in [9.17, 15) is 0 Å². The van der Waals surface area contributed by atoms with Crippen LogP contribution in [-0.4, -0.2) is 13.2 Å². The molecule has 0 spiro atoms. The summed E-state index contributed by atoms with van der Waals surface area (Å²) >= 11 is 0. The van der Waals surface area contributed by atoms with Crippen LogP contribution in [0.25, 0.3) is 0 Å². The Morgan fingerprint density at radius 2 is 1.73 bits per heavy atom. The van der Waals surface area contributed by atoms with Crippen LogP contribution < -0.4 is 0 Å². The van der Waals surface area contributed by atoms with Crippen LogP contribution in [0.1, 0.15) is 41.0 Å². The molecule has 1 nitrogen and oxygen atoms in total. The van der Waals surface area contributed by atoms with E-state index < -0.39 is 0 Å². The molecular formula is C10H22O. The normalized spacial score (nSPS) is 15.5. The highest BCUT2D eigenvalue weighted by atomic mass is 16.5. The largest absolute Gasteiger partial charge is 0.381 e. The summed E-state index contributed by atoms with van der Waals surface area (Å²) < 4.78 is 5.47. The predicted octanol–water partition coefficient (Wildman–Crippen LogP) is 3.09. The van der Waals surface area contributed by atoms with Gasteiger partial charge in [-0.25, -0.2) is 0 Å². The Balaban J connectivity index is 4.23. The summed E-state index contributed by atoms with van der Waals surface area (Å²) in [6.07, 6.45) is 1.55. The average molecular weight is 158 g/mol. The van der Waals surface area contributed by atoms with Gasteiger partial charge in [-0.1, -0.05) is 34.6 Å². The molecule has 1 atom stereocenters. The second kappa shape index (κ2) is 4.10. The Morgan fingerprint density at radius 3 is 1.82 bits per heavy atom. The first kappa shape index (κ1) is 11.0. The summed E-state index contributed by atoms with van der Waals surface area (Å²) in [6, 6.07) is 0. The first-order valence-corrected chi connectivity index (χ1v) is 4.48. The maximum atomic E-state index is 5.47. The van der Waals surface area contributed by atoms with E-state index in [0.717, 1.165) is 0 Å². The number of ether oxygens (including phenoxy) is 1. The summed E-state index contributed by atoms with van der Waals surface area (Å²) in [5, 5.41) is 0. The molecule has 0 aromatic carbocycles. The minimum atomic E-state index is 0.308. The second-order valence-corrected chi connectivity index (χ2v) is 4.24. The molecule has 0 aromatic rings. The van der Waals surface area contributed by atoms with Crippen molar-refractivity contribution in [3.63, 3.8) is 0 Å². The summed E-state index contributed by atoms with van der Waals surface area (Å²) in [5.74, 6) is 0.606. The number of rotatable bonds is 4. The van der Waals surface area contributed by atoms with Crippen LogP contribution in [0.5, 0.6) is 0 Å². The number of hydrogen-bond acceptors (Lipinski definition) is 1. The zero-order valence-corrected chi connectivity index (χ0v) is 8.77. The van der Waals surface area contributed by atoms with E-state index in [4.69, 9.17) is 4.74 Å². The zero-order valence-electron chi connectivity index (χ0n) is 8.77. The maximum absolute atomic E-state index is 5.47. The van der Waals surface area contributed by atoms with Crippen molar-refractivity contribution in [2.24, 2.45) is 11.3 Å². The van der Waals surface area contributed by atoms with Gasteiger partial charge in [0.25, 0.3) is 0 Å². The van der Waals surface area contributed by atoms with E-state index in [1.54, 1.807) is 0 Å². The van der Waals surface area contributed by atoms with Crippen LogP contribution in [0.4, 0.5) is 0 Å². The predicted molar refractivity (Wildman–Crippen MR) is 49.7 cm³/mol. The van der Waals surface area contributed by atoms with Gasteiger partial charge in [-0.15, -0.1) is 0 Å². The van der Waals surface area contributed by atoms with Gasteiger partial charge >= 0.3 is 0 Å². The van der Waals surface area contributed by atoms with Crippen molar-refractivity contribution in [1.29, 1.82) is 0 Å². The van der Waals surface area contributed by atoms with Gasteiger partial charge in [0.05, 0.1) is 6.10 Å². The van der Waals surface area contributed by atoms with Crippen LogP contribution in [0.3, 0.4) is 0 Å².